The third kappa shape index (κ3) is 7.86. The summed E-state index contributed by atoms with van der Waals surface area (Å²) in [6.45, 7) is 8.02. The van der Waals surface area contributed by atoms with Gasteiger partial charge in [0.15, 0.2) is 23.0 Å². The zero-order valence-corrected chi connectivity index (χ0v) is 20.1. The summed E-state index contributed by atoms with van der Waals surface area (Å²) >= 11 is 0. The molecule has 0 fully saturated rings. The van der Waals surface area contributed by atoms with E-state index in [-0.39, 0.29) is 35.6 Å². The Morgan fingerprint density at radius 2 is 1.76 bits per heavy atom. The van der Waals surface area contributed by atoms with Crippen molar-refractivity contribution in [2.75, 3.05) is 13.7 Å². The molecule has 3 atom stereocenters. The van der Waals surface area contributed by atoms with Crippen LogP contribution in [0.25, 0.3) is 0 Å². The fourth-order valence-electron chi connectivity index (χ4n) is 3.57. The van der Waals surface area contributed by atoms with Gasteiger partial charge in [-0.25, -0.2) is 4.98 Å². The van der Waals surface area contributed by atoms with E-state index < -0.39 is 23.8 Å². The molecule has 0 radical (unpaired) electrons. The average molecular weight is 458 g/mol. The monoisotopic (exact) mass is 457 g/mol. The number of aromatic nitrogens is 1. The average Bonchev–Trinajstić information content (AvgIpc) is 2.80. The lowest BCUT2D eigenvalue weighted by atomic mass is 10.00. The van der Waals surface area contributed by atoms with Gasteiger partial charge in [0, 0.05) is 25.3 Å². The summed E-state index contributed by atoms with van der Waals surface area (Å²) < 4.78 is 16.7. The van der Waals surface area contributed by atoms with Gasteiger partial charge < -0.3 is 19.3 Å². The lowest BCUT2D eigenvalue weighted by molar-refractivity contribution is -0.165. The Hall–Kier alpha value is -2.93. The molecular formula is C26H35NO6. The van der Waals surface area contributed by atoms with E-state index in [1.165, 1.54) is 24.9 Å². The van der Waals surface area contributed by atoms with Crippen molar-refractivity contribution >= 4 is 11.8 Å². The molecule has 1 heterocycles. The highest BCUT2D eigenvalue weighted by molar-refractivity contribution is 5.99. The first-order valence-corrected chi connectivity index (χ1v) is 11.4. The molecule has 2 rings (SSSR count). The van der Waals surface area contributed by atoms with Crippen molar-refractivity contribution in [3.8, 4) is 11.5 Å². The van der Waals surface area contributed by atoms with E-state index in [0.717, 1.165) is 12.8 Å². The molecule has 7 nitrogen and oxygen atoms in total. The molecule has 0 saturated heterocycles. The van der Waals surface area contributed by atoms with Crippen molar-refractivity contribution in [1.29, 1.82) is 0 Å². The summed E-state index contributed by atoms with van der Waals surface area (Å²) in [6, 6.07) is 11.7. The van der Waals surface area contributed by atoms with E-state index in [0.29, 0.717) is 6.61 Å². The maximum Gasteiger partial charge on any atom is 0.309 e. The van der Waals surface area contributed by atoms with Gasteiger partial charge in [-0.05, 0) is 31.2 Å². The van der Waals surface area contributed by atoms with Crippen LogP contribution in [0.4, 0.5) is 0 Å². The molecule has 7 heteroatoms. The maximum absolute atomic E-state index is 12.7. The van der Waals surface area contributed by atoms with E-state index >= 15 is 0 Å². The van der Waals surface area contributed by atoms with Crippen molar-refractivity contribution in [2.24, 2.45) is 11.8 Å². The summed E-state index contributed by atoms with van der Waals surface area (Å²) in [4.78, 5) is 29.2. The van der Waals surface area contributed by atoms with Gasteiger partial charge >= 0.3 is 5.97 Å². The highest BCUT2D eigenvalue weighted by Crippen LogP contribution is 2.29. The zero-order chi connectivity index (χ0) is 24.4. The highest BCUT2D eigenvalue weighted by atomic mass is 16.6. The molecule has 2 aromatic rings. The molecule has 0 bridgehead atoms. The van der Waals surface area contributed by atoms with Crippen LogP contribution < -0.4 is 4.74 Å². The molecule has 0 aliphatic carbocycles. The molecule has 0 aliphatic rings. The first-order valence-electron chi connectivity index (χ1n) is 11.4. The minimum Gasteiger partial charge on any atom is -0.503 e. The number of aromatic hydroxyl groups is 1. The fourth-order valence-corrected chi connectivity index (χ4v) is 3.57. The van der Waals surface area contributed by atoms with Gasteiger partial charge in [-0.1, -0.05) is 51.1 Å². The van der Waals surface area contributed by atoms with E-state index in [4.69, 9.17) is 14.2 Å². The van der Waals surface area contributed by atoms with Crippen LogP contribution in [0, 0.1) is 11.8 Å². The Morgan fingerprint density at radius 3 is 2.39 bits per heavy atom. The normalized spacial score (nSPS) is 13.9. The number of hydrogen-bond acceptors (Lipinski definition) is 7. The number of esters is 1. The third-order valence-corrected chi connectivity index (χ3v) is 5.47. The number of hydrogen-bond donors (Lipinski definition) is 1. The van der Waals surface area contributed by atoms with Crippen LogP contribution in [0.5, 0.6) is 11.5 Å². The number of ether oxygens (including phenoxy) is 3. The van der Waals surface area contributed by atoms with Crippen LogP contribution in [0.2, 0.25) is 0 Å². The number of pyridine rings is 1. The molecule has 1 aromatic carbocycles. The largest absolute Gasteiger partial charge is 0.503 e. The van der Waals surface area contributed by atoms with Gasteiger partial charge in [-0.2, -0.15) is 0 Å². The molecule has 0 spiro atoms. The second-order valence-corrected chi connectivity index (χ2v) is 8.55. The lowest BCUT2D eigenvalue weighted by Gasteiger charge is -2.28. The van der Waals surface area contributed by atoms with E-state index in [1.807, 2.05) is 39.0 Å². The van der Waals surface area contributed by atoms with Crippen molar-refractivity contribution in [2.45, 2.75) is 59.2 Å². The first kappa shape index (κ1) is 26.3. The third-order valence-electron chi connectivity index (χ3n) is 5.47. The van der Waals surface area contributed by atoms with E-state index in [9.17, 15) is 14.7 Å². The number of Topliss-reactive ketones (excluding diaryl/α,β-unsaturated/α-hetero) is 1. The zero-order valence-electron chi connectivity index (χ0n) is 20.1. The predicted octanol–water partition coefficient (Wildman–Crippen LogP) is 4.61. The molecule has 0 aliphatic heterocycles. The van der Waals surface area contributed by atoms with Gasteiger partial charge in [-0.15, -0.1) is 0 Å². The fraction of sp³-hybridized carbons (Fsp3) is 0.500. The first-order chi connectivity index (χ1) is 15.7. The van der Waals surface area contributed by atoms with Crippen LogP contribution >= 0.6 is 0 Å². The van der Waals surface area contributed by atoms with Gasteiger partial charge in [0.1, 0.15) is 6.10 Å². The Morgan fingerprint density at radius 1 is 1.06 bits per heavy atom. The number of rotatable bonds is 13. The van der Waals surface area contributed by atoms with Crippen molar-refractivity contribution in [3.63, 3.8) is 0 Å². The second kappa shape index (κ2) is 12.9. The molecule has 1 N–H and O–H groups in total. The number of methoxy groups -OCH3 is 1. The molecule has 0 amide bonds. The second-order valence-electron chi connectivity index (χ2n) is 8.55. The molecule has 1 aromatic heterocycles. The number of carbonyl (C=O) groups excluding carboxylic acids is 2. The van der Waals surface area contributed by atoms with Crippen molar-refractivity contribution in [1.82, 2.24) is 4.98 Å². The minimum absolute atomic E-state index is 0.0464. The predicted molar refractivity (Wildman–Crippen MR) is 125 cm³/mol. The Kier molecular flexibility index (Phi) is 10.3. The van der Waals surface area contributed by atoms with Crippen molar-refractivity contribution in [3.05, 3.63) is 53.9 Å². The maximum atomic E-state index is 12.7. The topological polar surface area (TPSA) is 95.0 Å². The van der Waals surface area contributed by atoms with Gasteiger partial charge in [0.05, 0.1) is 19.1 Å². The molecular weight excluding hydrogens is 422 g/mol. The quantitative estimate of drug-likeness (QED) is 0.267. The Labute approximate surface area is 196 Å². The highest BCUT2D eigenvalue weighted by Gasteiger charge is 2.29. The Bertz CT molecular complexity index is 899. The minimum atomic E-state index is -0.698. The summed E-state index contributed by atoms with van der Waals surface area (Å²) in [7, 11) is 1.39. The molecule has 0 unspecified atom stereocenters. The lowest BCUT2D eigenvalue weighted by Crippen LogP contribution is -2.37. The van der Waals surface area contributed by atoms with Crippen LogP contribution in [-0.2, 0) is 20.7 Å². The number of ketones is 1. The summed E-state index contributed by atoms with van der Waals surface area (Å²) in [5.74, 6) is -1.77. The van der Waals surface area contributed by atoms with Crippen molar-refractivity contribution < 1.29 is 28.9 Å². The number of benzene rings is 1. The van der Waals surface area contributed by atoms with E-state index in [2.05, 4.69) is 17.1 Å². The summed E-state index contributed by atoms with van der Waals surface area (Å²) in [5.41, 5.74) is 1.14. The van der Waals surface area contributed by atoms with Gasteiger partial charge in [-0.3, -0.25) is 9.59 Å². The van der Waals surface area contributed by atoms with E-state index in [1.54, 1.807) is 6.92 Å². The number of nitrogens with zero attached hydrogens (tertiary/aromatic N) is 1. The van der Waals surface area contributed by atoms with Gasteiger partial charge in [0.25, 0.3) is 0 Å². The van der Waals surface area contributed by atoms with Crippen LogP contribution in [0.1, 0.15) is 56.6 Å². The molecule has 0 saturated carbocycles. The number of carbonyl (C=O) groups is 2. The Balaban J connectivity index is 1.88. The smallest absolute Gasteiger partial charge is 0.309 e. The van der Waals surface area contributed by atoms with Crippen LogP contribution in [0.15, 0.2) is 42.6 Å². The summed E-state index contributed by atoms with van der Waals surface area (Å²) in [6.07, 6.45) is 2.31. The molecule has 33 heavy (non-hydrogen) atoms. The van der Waals surface area contributed by atoms with Gasteiger partial charge in [0.2, 0.25) is 0 Å². The summed E-state index contributed by atoms with van der Waals surface area (Å²) in [5, 5.41) is 10.1. The SMILES string of the molecule is COc1ccnc(C(=O)C[C@@H](C)C(=O)O[C@H](C(C)C)[C@H](C)OCCCc2ccccc2)c1O. The standard InChI is InChI=1S/C26H35NO6/c1-17(2)25(19(4)32-15-9-12-20-10-7-6-8-11-20)33-26(30)18(3)16-21(28)23-24(29)22(31-5)13-14-27-23/h6-8,10-11,13-14,17-19,25,29H,9,12,15-16H2,1-5H3/t18-,19+,25-/m1/s1. The molecule has 180 valence electrons. The van der Waals surface area contributed by atoms with Crippen LogP contribution in [-0.4, -0.2) is 47.8 Å². The van der Waals surface area contributed by atoms with Crippen LogP contribution in [0.3, 0.4) is 0 Å². The number of aryl methyl sites for hydroxylation is 1.